The maximum absolute atomic E-state index is 12.9. The number of amides is 2. The van der Waals surface area contributed by atoms with E-state index in [0.717, 1.165) is 0 Å². The Hall–Kier alpha value is -2.96. The zero-order valence-corrected chi connectivity index (χ0v) is 15.7. The van der Waals surface area contributed by atoms with Crippen LogP contribution < -0.4 is 10.2 Å². The second-order valence-corrected chi connectivity index (χ2v) is 6.61. The Morgan fingerprint density at radius 3 is 2.56 bits per heavy atom. The minimum Gasteiger partial charge on any atom is -0.507 e. The summed E-state index contributed by atoms with van der Waals surface area (Å²) in [6.45, 7) is 3.65. The van der Waals surface area contributed by atoms with Gasteiger partial charge in [-0.25, -0.2) is 0 Å². The van der Waals surface area contributed by atoms with Crippen LogP contribution in [0.15, 0.2) is 60.7 Å². The van der Waals surface area contributed by atoms with Crippen LogP contribution in [0.3, 0.4) is 0 Å². The van der Waals surface area contributed by atoms with Crippen molar-refractivity contribution in [3.05, 3.63) is 76.8 Å². The molecule has 136 valence electrons. The number of nitrogens with zero attached hydrogens (tertiary/aromatic N) is 1. The first-order valence-electron chi connectivity index (χ1n) is 8.01. The van der Waals surface area contributed by atoms with Gasteiger partial charge in [-0.3, -0.25) is 19.8 Å². The van der Waals surface area contributed by atoms with Crippen LogP contribution in [0.5, 0.6) is 5.75 Å². The number of hydrogen-bond donors (Lipinski definition) is 2. The van der Waals surface area contributed by atoms with Crippen LogP contribution >= 0.6 is 23.8 Å². The maximum atomic E-state index is 12.9. The number of rotatable bonds is 4. The number of thiocarbonyl (C=S) groups is 1. The lowest BCUT2D eigenvalue weighted by atomic mass is 10.0. The van der Waals surface area contributed by atoms with Gasteiger partial charge in [-0.2, -0.15) is 0 Å². The Morgan fingerprint density at radius 1 is 1.19 bits per heavy atom. The van der Waals surface area contributed by atoms with Crippen molar-refractivity contribution in [1.82, 2.24) is 5.32 Å². The number of carbonyl (C=O) groups is 2. The summed E-state index contributed by atoms with van der Waals surface area (Å²) in [6, 6.07) is 11.6. The molecule has 7 heteroatoms. The number of allylic oxidation sites excluding steroid dienone is 1. The number of aromatic hydroxyl groups is 1. The van der Waals surface area contributed by atoms with Gasteiger partial charge in [0.25, 0.3) is 11.8 Å². The maximum Gasteiger partial charge on any atom is 0.270 e. The van der Waals surface area contributed by atoms with Gasteiger partial charge >= 0.3 is 0 Å². The molecule has 0 saturated carbocycles. The van der Waals surface area contributed by atoms with Crippen LogP contribution in [-0.2, 0) is 16.0 Å². The quantitative estimate of drug-likeness (QED) is 0.357. The summed E-state index contributed by atoms with van der Waals surface area (Å²) in [5, 5.41) is 13.4. The van der Waals surface area contributed by atoms with Gasteiger partial charge in [-0.1, -0.05) is 35.9 Å². The third-order valence-electron chi connectivity index (χ3n) is 4.00. The number of carbonyl (C=O) groups excluding carboxylic acids is 2. The summed E-state index contributed by atoms with van der Waals surface area (Å²) in [7, 11) is 0. The number of para-hydroxylation sites is 1. The number of phenolic OH excluding ortho intramolecular Hbond substituents is 1. The number of halogens is 1. The van der Waals surface area contributed by atoms with Crippen molar-refractivity contribution in [1.29, 1.82) is 0 Å². The van der Waals surface area contributed by atoms with Gasteiger partial charge in [-0.15, -0.1) is 6.58 Å². The Bertz CT molecular complexity index is 983. The fraction of sp³-hybridized carbons (Fsp3) is 0.0500. The van der Waals surface area contributed by atoms with Gasteiger partial charge in [0.05, 0.1) is 5.69 Å². The lowest BCUT2D eigenvalue weighted by Crippen LogP contribution is -2.54. The van der Waals surface area contributed by atoms with E-state index in [-0.39, 0.29) is 16.4 Å². The number of anilines is 1. The van der Waals surface area contributed by atoms with E-state index in [4.69, 9.17) is 23.8 Å². The highest BCUT2D eigenvalue weighted by molar-refractivity contribution is 7.80. The Kier molecular flexibility index (Phi) is 5.39. The van der Waals surface area contributed by atoms with Gasteiger partial charge in [0.1, 0.15) is 11.3 Å². The van der Waals surface area contributed by atoms with Crippen LogP contribution in [0.4, 0.5) is 5.69 Å². The minimum absolute atomic E-state index is 0.00306. The molecule has 0 aliphatic carbocycles. The summed E-state index contributed by atoms with van der Waals surface area (Å²) < 4.78 is 0. The van der Waals surface area contributed by atoms with E-state index in [1.807, 2.05) is 0 Å². The molecule has 0 radical (unpaired) electrons. The normalized spacial score (nSPS) is 15.8. The molecule has 5 nitrogen and oxygen atoms in total. The molecule has 1 aliphatic heterocycles. The third-order valence-corrected chi connectivity index (χ3v) is 4.54. The zero-order chi connectivity index (χ0) is 19.6. The zero-order valence-electron chi connectivity index (χ0n) is 14.1. The molecule has 2 amide bonds. The fourth-order valence-electron chi connectivity index (χ4n) is 2.69. The second kappa shape index (κ2) is 7.73. The predicted molar refractivity (Wildman–Crippen MR) is 110 cm³/mol. The van der Waals surface area contributed by atoms with Crippen molar-refractivity contribution in [2.45, 2.75) is 6.42 Å². The molecule has 0 atom stereocenters. The standard InChI is InChI=1S/C20H15ClN2O3S/c1-2-4-12-5-3-6-13(17(12)24)11-16-18(25)22-20(27)23(19(16)26)15-9-7-14(21)8-10-15/h2-3,5-11,24H,1,4H2,(H,22,25,27). The molecule has 3 rings (SSSR count). The van der Waals surface area contributed by atoms with Crippen molar-refractivity contribution in [3.8, 4) is 5.75 Å². The van der Waals surface area contributed by atoms with Gasteiger partial charge in [0, 0.05) is 10.6 Å². The molecular formula is C20H15ClN2O3S. The number of hydrogen-bond acceptors (Lipinski definition) is 4. The second-order valence-electron chi connectivity index (χ2n) is 5.78. The van der Waals surface area contributed by atoms with E-state index in [9.17, 15) is 14.7 Å². The summed E-state index contributed by atoms with van der Waals surface area (Å²) in [5.74, 6) is -1.21. The molecule has 0 bridgehead atoms. The summed E-state index contributed by atoms with van der Waals surface area (Å²) in [5.41, 5.74) is 1.35. The molecule has 0 spiro atoms. The van der Waals surface area contributed by atoms with Gasteiger partial charge < -0.3 is 5.11 Å². The van der Waals surface area contributed by atoms with Crippen molar-refractivity contribution in [2.24, 2.45) is 0 Å². The van der Waals surface area contributed by atoms with E-state index in [2.05, 4.69) is 11.9 Å². The van der Waals surface area contributed by atoms with Crippen LogP contribution in [-0.4, -0.2) is 22.0 Å². The first-order chi connectivity index (χ1) is 12.9. The Balaban J connectivity index is 2.03. The van der Waals surface area contributed by atoms with Crippen molar-refractivity contribution < 1.29 is 14.7 Å². The Labute approximate surface area is 166 Å². The van der Waals surface area contributed by atoms with Crippen LogP contribution in [0.1, 0.15) is 11.1 Å². The smallest absolute Gasteiger partial charge is 0.270 e. The number of phenols is 1. The van der Waals surface area contributed by atoms with E-state index in [1.54, 1.807) is 48.5 Å². The monoisotopic (exact) mass is 398 g/mol. The van der Waals surface area contributed by atoms with Crippen LogP contribution in [0.25, 0.3) is 6.08 Å². The minimum atomic E-state index is -0.622. The van der Waals surface area contributed by atoms with Crippen molar-refractivity contribution in [3.63, 3.8) is 0 Å². The molecule has 0 unspecified atom stereocenters. The first-order valence-corrected chi connectivity index (χ1v) is 8.79. The molecule has 1 aliphatic rings. The van der Waals surface area contributed by atoms with Gasteiger partial charge in [0.15, 0.2) is 5.11 Å². The Morgan fingerprint density at radius 2 is 1.89 bits per heavy atom. The average Bonchev–Trinajstić information content (AvgIpc) is 2.63. The fourth-order valence-corrected chi connectivity index (χ4v) is 3.09. The molecule has 2 aromatic carbocycles. The largest absolute Gasteiger partial charge is 0.507 e. The van der Waals surface area contributed by atoms with E-state index >= 15 is 0 Å². The van der Waals surface area contributed by atoms with E-state index < -0.39 is 11.8 Å². The summed E-state index contributed by atoms with van der Waals surface area (Å²) >= 11 is 11.0. The molecule has 2 N–H and O–H groups in total. The van der Waals surface area contributed by atoms with Crippen molar-refractivity contribution >= 4 is 52.5 Å². The topological polar surface area (TPSA) is 69.6 Å². The predicted octanol–water partition coefficient (Wildman–Crippen LogP) is 3.61. The highest BCUT2D eigenvalue weighted by Gasteiger charge is 2.34. The molecule has 27 heavy (non-hydrogen) atoms. The summed E-state index contributed by atoms with van der Waals surface area (Å²) in [6.07, 6.45) is 3.47. The van der Waals surface area contributed by atoms with Crippen LogP contribution in [0, 0.1) is 0 Å². The summed E-state index contributed by atoms with van der Waals surface area (Å²) in [4.78, 5) is 26.5. The lowest BCUT2D eigenvalue weighted by molar-refractivity contribution is -0.122. The lowest BCUT2D eigenvalue weighted by Gasteiger charge is -2.29. The highest BCUT2D eigenvalue weighted by atomic mass is 35.5. The molecule has 2 aromatic rings. The number of benzene rings is 2. The molecule has 1 fully saturated rings. The van der Waals surface area contributed by atoms with E-state index in [1.165, 1.54) is 11.0 Å². The first kappa shape index (κ1) is 18.8. The van der Waals surface area contributed by atoms with E-state index in [0.29, 0.717) is 28.3 Å². The third kappa shape index (κ3) is 3.77. The molecule has 0 aromatic heterocycles. The molecule has 1 saturated heterocycles. The van der Waals surface area contributed by atoms with Gasteiger partial charge in [-0.05, 0) is 54.5 Å². The van der Waals surface area contributed by atoms with Gasteiger partial charge in [0.2, 0.25) is 0 Å². The molecule has 1 heterocycles. The SMILES string of the molecule is C=CCc1cccc(C=C2C(=O)NC(=S)N(c3ccc(Cl)cc3)C2=O)c1O. The number of nitrogens with one attached hydrogen (secondary N) is 1. The van der Waals surface area contributed by atoms with Crippen LogP contribution in [0.2, 0.25) is 5.02 Å². The molecular weight excluding hydrogens is 384 g/mol. The van der Waals surface area contributed by atoms with Crippen molar-refractivity contribution in [2.75, 3.05) is 4.90 Å². The highest BCUT2D eigenvalue weighted by Crippen LogP contribution is 2.28. The average molecular weight is 399 g/mol.